The van der Waals surface area contributed by atoms with Crippen LogP contribution in [0.5, 0.6) is 0 Å². The molecule has 7 nitrogen and oxygen atoms in total. The minimum atomic E-state index is -0.516. The molecule has 1 saturated heterocycles. The summed E-state index contributed by atoms with van der Waals surface area (Å²) < 4.78 is 20.3. The van der Waals surface area contributed by atoms with Gasteiger partial charge in [-0.1, -0.05) is 23.4 Å². The third-order valence-corrected chi connectivity index (χ3v) is 4.23. The van der Waals surface area contributed by atoms with Crippen LogP contribution in [-0.2, 0) is 11.3 Å². The number of cyclic esters (lactones) is 1. The number of nitriles is 1. The zero-order valence-electron chi connectivity index (χ0n) is 14.1. The average Bonchev–Trinajstić information content (AvgIpc) is 3.28. The third kappa shape index (κ3) is 3.48. The number of nitrogens with zero attached hydrogens (tertiary/aromatic N) is 5. The summed E-state index contributed by atoms with van der Waals surface area (Å²) in [6.45, 7) is 0.634. The van der Waals surface area contributed by atoms with Crippen LogP contribution in [0.3, 0.4) is 0 Å². The van der Waals surface area contributed by atoms with Crippen molar-refractivity contribution in [3.05, 3.63) is 66.1 Å². The van der Waals surface area contributed by atoms with Crippen LogP contribution in [0.1, 0.15) is 5.56 Å². The summed E-state index contributed by atoms with van der Waals surface area (Å²) in [7, 11) is 0. The van der Waals surface area contributed by atoms with Gasteiger partial charge in [0.15, 0.2) is 0 Å². The number of anilines is 1. The van der Waals surface area contributed by atoms with Gasteiger partial charge in [-0.15, -0.1) is 5.10 Å². The molecular weight excluding hydrogens is 349 g/mol. The van der Waals surface area contributed by atoms with E-state index in [4.69, 9.17) is 10.00 Å². The van der Waals surface area contributed by atoms with Crippen molar-refractivity contribution in [3.63, 3.8) is 0 Å². The van der Waals surface area contributed by atoms with Gasteiger partial charge < -0.3 is 4.74 Å². The molecule has 0 N–H and O–H groups in total. The van der Waals surface area contributed by atoms with Gasteiger partial charge in [0, 0.05) is 5.56 Å². The highest BCUT2D eigenvalue weighted by Crippen LogP contribution is 2.23. The maximum absolute atomic E-state index is 13.4. The van der Waals surface area contributed by atoms with Crippen molar-refractivity contribution in [1.29, 1.82) is 5.26 Å². The summed E-state index contributed by atoms with van der Waals surface area (Å²) >= 11 is 0. The Morgan fingerprint density at radius 1 is 1.26 bits per heavy atom. The van der Waals surface area contributed by atoms with Crippen LogP contribution >= 0.6 is 0 Å². The number of carbonyl (C=O) groups excluding carboxylic acids is 1. The third-order valence-electron chi connectivity index (χ3n) is 4.23. The first kappa shape index (κ1) is 16.7. The molecule has 0 radical (unpaired) electrons. The molecule has 2 heterocycles. The highest BCUT2D eigenvalue weighted by molar-refractivity contribution is 5.89. The molecule has 1 aliphatic rings. The van der Waals surface area contributed by atoms with Crippen molar-refractivity contribution in [3.8, 4) is 17.3 Å². The first-order valence-corrected chi connectivity index (χ1v) is 8.27. The lowest BCUT2D eigenvalue weighted by molar-refractivity contribution is 0.129. The van der Waals surface area contributed by atoms with E-state index in [0.717, 1.165) is 5.56 Å². The lowest BCUT2D eigenvalue weighted by atomic mass is 10.1. The predicted octanol–water partition coefficient (Wildman–Crippen LogP) is 2.98. The van der Waals surface area contributed by atoms with E-state index >= 15 is 0 Å². The number of aromatic nitrogens is 3. The number of hydrogen-bond donors (Lipinski definition) is 0. The number of benzene rings is 2. The molecule has 2 aromatic carbocycles. The smallest absolute Gasteiger partial charge is 0.414 e. The molecule has 1 aliphatic heterocycles. The van der Waals surface area contributed by atoms with Crippen LogP contribution in [0, 0.1) is 17.1 Å². The van der Waals surface area contributed by atoms with Crippen molar-refractivity contribution >= 4 is 11.8 Å². The largest absolute Gasteiger partial charge is 0.442 e. The Balaban J connectivity index is 1.45. The zero-order chi connectivity index (χ0) is 18.8. The van der Waals surface area contributed by atoms with Crippen molar-refractivity contribution in [2.75, 3.05) is 11.4 Å². The highest BCUT2D eigenvalue weighted by atomic mass is 19.1. The number of amides is 1. The molecule has 8 heteroatoms. The summed E-state index contributed by atoms with van der Waals surface area (Å²) in [6.07, 6.45) is 0.814. The summed E-state index contributed by atoms with van der Waals surface area (Å²) in [5.41, 5.74) is 2.52. The monoisotopic (exact) mass is 363 g/mol. The normalized spacial score (nSPS) is 16.2. The number of hydrogen-bond acceptors (Lipinski definition) is 5. The van der Waals surface area contributed by atoms with E-state index in [9.17, 15) is 9.18 Å². The van der Waals surface area contributed by atoms with Crippen LogP contribution in [0.15, 0.2) is 54.7 Å². The van der Waals surface area contributed by atoms with E-state index < -0.39 is 18.0 Å². The lowest BCUT2D eigenvalue weighted by Gasteiger charge is -2.12. The van der Waals surface area contributed by atoms with Crippen molar-refractivity contribution < 1.29 is 13.9 Å². The van der Waals surface area contributed by atoms with Gasteiger partial charge in [0.25, 0.3) is 0 Å². The van der Waals surface area contributed by atoms with E-state index in [1.54, 1.807) is 47.3 Å². The number of ether oxygens (including phenoxy) is 1. The van der Waals surface area contributed by atoms with Crippen LogP contribution in [0.4, 0.5) is 14.9 Å². The van der Waals surface area contributed by atoms with Crippen molar-refractivity contribution in [2.45, 2.75) is 12.6 Å². The van der Waals surface area contributed by atoms with E-state index in [1.807, 2.05) is 0 Å². The Labute approximate surface area is 154 Å². The highest BCUT2D eigenvalue weighted by Gasteiger charge is 2.33. The van der Waals surface area contributed by atoms with Crippen LogP contribution < -0.4 is 4.90 Å². The standard InChI is InChI=1S/C19H14FN5O2/c20-15-2-1-3-16(8-15)25-11-17(27-19(25)26)10-24-12-18(22-23-24)14-6-4-13(9-21)5-7-14/h1-8,12,17H,10-11H2/t17-/m0/s1. The molecule has 3 aromatic rings. The topological polar surface area (TPSA) is 84.0 Å². The van der Waals surface area contributed by atoms with Gasteiger partial charge in [-0.2, -0.15) is 5.26 Å². The summed E-state index contributed by atoms with van der Waals surface area (Å²) in [4.78, 5) is 13.5. The fraction of sp³-hybridized carbons (Fsp3) is 0.158. The predicted molar refractivity (Wildman–Crippen MR) is 94.2 cm³/mol. The van der Waals surface area contributed by atoms with Crippen LogP contribution in [0.2, 0.25) is 0 Å². The molecule has 0 saturated carbocycles. The molecule has 0 aliphatic carbocycles. The second-order valence-electron chi connectivity index (χ2n) is 6.11. The first-order valence-electron chi connectivity index (χ1n) is 8.27. The Bertz CT molecular complexity index is 1030. The minimum Gasteiger partial charge on any atom is -0.442 e. The summed E-state index contributed by atoms with van der Waals surface area (Å²) in [5.74, 6) is -0.410. The number of carbonyl (C=O) groups is 1. The Kier molecular flexibility index (Phi) is 4.26. The van der Waals surface area contributed by atoms with E-state index in [0.29, 0.717) is 30.0 Å². The van der Waals surface area contributed by atoms with Gasteiger partial charge in [-0.05, 0) is 30.3 Å². The SMILES string of the molecule is N#Cc1ccc(-c2cn(C[C@H]3CN(c4cccc(F)c4)C(=O)O3)nn2)cc1. The first-order chi connectivity index (χ1) is 13.1. The second-order valence-corrected chi connectivity index (χ2v) is 6.11. The van der Waals surface area contributed by atoms with Gasteiger partial charge in [0.05, 0.1) is 36.6 Å². The van der Waals surface area contributed by atoms with Gasteiger partial charge in [-0.3, -0.25) is 4.90 Å². The molecule has 4 rings (SSSR count). The molecule has 27 heavy (non-hydrogen) atoms. The fourth-order valence-corrected chi connectivity index (χ4v) is 2.92. The molecule has 1 fully saturated rings. The molecule has 1 amide bonds. The Morgan fingerprint density at radius 3 is 2.81 bits per heavy atom. The van der Waals surface area contributed by atoms with Crippen LogP contribution in [0.25, 0.3) is 11.3 Å². The number of halogens is 1. The molecule has 0 unspecified atom stereocenters. The molecule has 134 valence electrons. The second kappa shape index (κ2) is 6.88. The van der Waals surface area contributed by atoms with Crippen molar-refractivity contribution in [2.24, 2.45) is 0 Å². The van der Waals surface area contributed by atoms with Gasteiger partial charge in [0.1, 0.15) is 17.6 Å². The van der Waals surface area contributed by atoms with Crippen molar-refractivity contribution in [1.82, 2.24) is 15.0 Å². The summed E-state index contributed by atoms with van der Waals surface area (Å²) in [6, 6.07) is 14.9. The fourth-order valence-electron chi connectivity index (χ4n) is 2.92. The quantitative estimate of drug-likeness (QED) is 0.711. The lowest BCUT2D eigenvalue weighted by Crippen LogP contribution is -2.26. The van der Waals surface area contributed by atoms with Gasteiger partial charge >= 0.3 is 6.09 Å². The average molecular weight is 363 g/mol. The van der Waals surface area contributed by atoms with E-state index in [1.165, 1.54) is 17.0 Å². The minimum absolute atomic E-state index is 0.300. The van der Waals surface area contributed by atoms with E-state index in [-0.39, 0.29) is 0 Å². The Hall–Kier alpha value is -3.73. The maximum Gasteiger partial charge on any atom is 0.414 e. The Morgan fingerprint density at radius 2 is 2.07 bits per heavy atom. The molecule has 1 aromatic heterocycles. The van der Waals surface area contributed by atoms with Crippen LogP contribution in [-0.4, -0.2) is 33.7 Å². The number of rotatable bonds is 4. The zero-order valence-corrected chi connectivity index (χ0v) is 14.1. The maximum atomic E-state index is 13.4. The van der Waals surface area contributed by atoms with Gasteiger partial charge in [-0.25, -0.2) is 13.9 Å². The molecule has 1 atom stereocenters. The van der Waals surface area contributed by atoms with E-state index in [2.05, 4.69) is 16.4 Å². The molecular formula is C19H14FN5O2. The summed E-state index contributed by atoms with van der Waals surface area (Å²) in [5, 5.41) is 17.0. The van der Waals surface area contributed by atoms with Gasteiger partial charge in [0.2, 0.25) is 0 Å². The molecule has 0 spiro atoms. The molecule has 0 bridgehead atoms.